The first-order valence-corrected chi connectivity index (χ1v) is 9.10. The quantitative estimate of drug-likeness (QED) is 0.497. The number of esters is 1. The lowest BCUT2D eigenvalue weighted by atomic mass is 10.3. The molecule has 0 bridgehead atoms. The Kier molecular flexibility index (Phi) is 5.37. The molecule has 6 nitrogen and oxygen atoms in total. The number of para-hydroxylation sites is 1. The van der Waals surface area contributed by atoms with Crippen LogP contribution in [0.1, 0.15) is 23.0 Å². The Labute approximate surface area is 151 Å². The standard InChI is InChI=1S/C16H15BrN4O2S/c1-2-23-15(22)13-12(10-24-16-18-8-9-19-16)14(17)21(20-13)11-6-4-3-5-7-11/h3-9H,2,10H2,1H3,(H,18,19). The molecule has 0 radical (unpaired) electrons. The Hall–Kier alpha value is -2.06. The minimum atomic E-state index is -0.428. The van der Waals surface area contributed by atoms with Gasteiger partial charge in [0.1, 0.15) is 4.60 Å². The second kappa shape index (κ2) is 7.67. The van der Waals surface area contributed by atoms with Gasteiger partial charge in [0.25, 0.3) is 0 Å². The van der Waals surface area contributed by atoms with E-state index in [0.717, 1.165) is 21.0 Å². The number of halogens is 1. The lowest BCUT2D eigenvalue weighted by molar-refractivity contribution is 0.0518. The second-order valence-corrected chi connectivity index (χ2v) is 6.48. The van der Waals surface area contributed by atoms with Crippen LogP contribution in [0.3, 0.4) is 0 Å². The van der Waals surface area contributed by atoms with E-state index in [1.165, 1.54) is 11.8 Å². The van der Waals surface area contributed by atoms with E-state index in [0.29, 0.717) is 18.1 Å². The average Bonchev–Trinajstić information content (AvgIpc) is 3.22. The number of rotatable bonds is 6. The SMILES string of the molecule is CCOC(=O)c1nn(-c2ccccc2)c(Br)c1CSc1ncc[nH]1. The fourth-order valence-electron chi connectivity index (χ4n) is 2.13. The van der Waals surface area contributed by atoms with Crippen molar-refractivity contribution in [3.05, 3.63) is 58.6 Å². The smallest absolute Gasteiger partial charge is 0.359 e. The van der Waals surface area contributed by atoms with Gasteiger partial charge in [-0.3, -0.25) is 0 Å². The van der Waals surface area contributed by atoms with Gasteiger partial charge in [-0.15, -0.1) is 0 Å². The normalized spacial score (nSPS) is 10.8. The fourth-order valence-corrected chi connectivity index (χ4v) is 3.77. The number of carbonyl (C=O) groups is 1. The van der Waals surface area contributed by atoms with Gasteiger partial charge in [-0.1, -0.05) is 30.0 Å². The number of benzene rings is 1. The second-order valence-electron chi connectivity index (χ2n) is 4.77. The molecule has 0 saturated carbocycles. The Morgan fingerprint density at radius 2 is 2.17 bits per heavy atom. The number of hydrogen-bond donors (Lipinski definition) is 1. The molecule has 8 heteroatoms. The third-order valence-corrected chi connectivity index (χ3v) is 4.96. The van der Waals surface area contributed by atoms with Gasteiger partial charge in [-0.2, -0.15) is 5.10 Å². The van der Waals surface area contributed by atoms with Gasteiger partial charge < -0.3 is 9.72 Å². The number of H-pyrrole nitrogens is 1. The van der Waals surface area contributed by atoms with Crippen LogP contribution in [0, 0.1) is 0 Å². The number of aromatic nitrogens is 4. The maximum Gasteiger partial charge on any atom is 0.359 e. The van der Waals surface area contributed by atoms with Crippen LogP contribution in [0.25, 0.3) is 5.69 Å². The van der Waals surface area contributed by atoms with Crippen LogP contribution >= 0.6 is 27.7 Å². The van der Waals surface area contributed by atoms with Gasteiger partial charge in [0.15, 0.2) is 10.9 Å². The number of nitrogens with one attached hydrogen (secondary N) is 1. The highest BCUT2D eigenvalue weighted by molar-refractivity contribution is 9.10. The molecule has 3 aromatic rings. The average molecular weight is 407 g/mol. The van der Waals surface area contributed by atoms with E-state index in [9.17, 15) is 4.79 Å². The summed E-state index contributed by atoms with van der Waals surface area (Å²) in [5, 5.41) is 5.23. The van der Waals surface area contributed by atoms with E-state index in [4.69, 9.17) is 4.74 Å². The zero-order valence-corrected chi connectivity index (χ0v) is 15.3. The van der Waals surface area contributed by atoms with Gasteiger partial charge in [0, 0.05) is 23.7 Å². The van der Waals surface area contributed by atoms with Crippen LogP contribution in [0.15, 0.2) is 52.5 Å². The van der Waals surface area contributed by atoms with Crippen molar-refractivity contribution in [2.24, 2.45) is 0 Å². The summed E-state index contributed by atoms with van der Waals surface area (Å²) in [4.78, 5) is 19.5. The van der Waals surface area contributed by atoms with Crippen molar-refractivity contribution < 1.29 is 9.53 Å². The van der Waals surface area contributed by atoms with E-state index in [1.54, 1.807) is 24.0 Å². The summed E-state index contributed by atoms with van der Waals surface area (Å²) in [5.74, 6) is 0.109. The molecule has 0 aliphatic heterocycles. The maximum atomic E-state index is 12.3. The number of aromatic amines is 1. The van der Waals surface area contributed by atoms with Crippen molar-refractivity contribution in [3.8, 4) is 5.69 Å². The molecule has 0 atom stereocenters. The third-order valence-electron chi connectivity index (χ3n) is 3.22. The third kappa shape index (κ3) is 3.54. The number of imidazole rings is 1. The monoisotopic (exact) mass is 406 g/mol. The van der Waals surface area contributed by atoms with Gasteiger partial charge in [-0.05, 0) is 35.0 Å². The molecule has 2 aromatic heterocycles. The summed E-state index contributed by atoms with van der Waals surface area (Å²) in [7, 11) is 0. The fraction of sp³-hybridized carbons (Fsp3) is 0.188. The van der Waals surface area contributed by atoms with Crippen molar-refractivity contribution in [2.75, 3.05) is 6.61 Å². The highest BCUT2D eigenvalue weighted by Crippen LogP contribution is 2.30. The Morgan fingerprint density at radius 1 is 1.38 bits per heavy atom. The molecule has 3 rings (SSSR count). The lowest BCUT2D eigenvalue weighted by Gasteiger charge is -2.03. The molecule has 1 N–H and O–H groups in total. The molecule has 0 amide bonds. The Bertz CT molecular complexity index is 818. The van der Waals surface area contributed by atoms with Crippen molar-refractivity contribution in [1.82, 2.24) is 19.7 Å². The molecule has 0 fully saturated rings. The molecule has 1 aromatic carbocycles. The number of hydrogen-bond acceptors (Lipinski definition) is 5. The molecule has 24 heavy (non-hydrogen) atoms. The van der Waals surface area contributed by atoms with Gasteiger partial charge in [0.05, 0.1) is 12.3 Å². The van der Waals surface area contributed by atoms with Crippen LogP contribution in [0.5, 0.6) is 0 Å². The first-order valence-electron chi connectivity index (χ1n) is 7.32. The topological polar surface area (TPSA) is 72.8 Å². The molecule has 0 aliphatic rings. The maximum absolute atomic E-state index is 12.3. The van der Waals surface area contributed by atoms with E-state index in [1.807, 2.05) is 30.3 Å². The lowest BCUT2D eigenvalue weighted by Crippen LogP contribution is -2.08. The molecule has 0 saturated heterocycles. The van der Waals surface area contributed by atoms with Crippen LogP contribution in [0.4, 0.5) is 0 Å². The summed E-state index contributed by atoms with van der Waals surface area (Å²) in [6, 6.07) is 9.63. The number of thioether (sulfide) groups is 1. The summed E-state index contributed by atoms with van der Waals surface area (Å²) in [5.41, 5.74) is 1.95. The van der Waals surface area contributed by atoms with Crippen LogP contribution in [-0.2, 0) is 10.5 Å². The first-order chi connectivity index (χ1) is 11.7. The molecular weight excluding hydrogens is 392 g/mol. The first kappa shape index (κ1) is 16.8. The van der Waals surface area contributed by atoms with Crippen LogP contribution in [-0.4, -0.2) is 32.3 Å². The van der Waals surface area contributed by atoms with Crippen LogP contribution in [0.2, 0.25) is 0 Å². The number of nitrogens with zero attached hydrogens (tertiary/aromatic N) is 3. The van der Waals surface area contributed by atoms with E-state index in [-0.39, 0.29) is 0 Å². The molecule has 0 unspecified atom stereocenters. The number of ether oxygens (including phenoxy) is 1. The molecule has 2 heterocycles. The number of carbonyl (C=O) groups excluding carboxylic acids is 1. The summed E-state index contributed by atoms with van der Waals surface area (Å²) in [6.07, 6.45) is 3.45. The highest BCUT2D eigenvalue weighted by Gasteiger charge is 2.23. The highest BCUT2D eigenvalue weighted by atomic mass is 79.9. The van der Waals surface area contributed by atoms with Crippen molar-refractivity contribution >= 4 is 33.7 Å². The van der Waals surface area contributed by atoms with Gasteiger partial charge >= 0.3 is 5.97 Å². The summed E-state index contributed by atoms with van der Waals surface area (Å²) >= 11 is 5.07. The molecule has 124 valence electrons. The predicted octanol–water partition coefficient (Wildman–Crippen LogP) is 3.83. The summed E-state index contributed by atoms with van der Waals surface area (Å²) < 4.78 is 7.57. The molecule has 0 aliphatic carbocycles. The van der Waals surface area contributed by atoms with Gasteiger partial charge in [0.2, 0.25) is 0 Å². The molecular formula is C16H15BrN4O2S. The van der Waals surface area contributed by atoms with E-state index in [2.05, 4.69) is 31.0 Å². The van der Waals surface area contributed by atoms with Crippen molar-refractivity contribution in [2.45, 2.75) is 17.8 Å². The summed E-state index contributed by atoms with van der Waals surface area (Å²) in [6.45, 7) is 2.08. The van der Waals surface area contributed by atoms with Crippen LogP contribution < -0.4 is 0 Å². The minimum Gasteiger partial charge on any atom is -0.461 e. The van der Waals surface area contributed by atoms with E-state index >= 15 is 0 Å². The predicted molar refractivity (Wildman–Crippen MR) is 95.4 cm³/mol. The largest absolute Gasteiger partial charge is 0.461 e. The van der Waals surface area contributed by atoms with Crippen molar-refractivity contribution in [1.29, 1.82) is 0 Å². The van der Waals surface area contributed by atoms with Crippen molar-refractivity contribution in [3.63, 3.8) is 0 Å². The van der Waals surface area contributed by atoms with Gasteiger partial charge in [-0.25, -0.2) is 14.5 Å². The zero-order valence-electron chi connectivity index (χ0n) is 12.9. The Balaban J connectivity index is 1.97. The zero-order chi connectivity index (χ0) is 16.9. The Morgan fingerprint density at radius 3 is 2.83 bits per heavy atom. The molecule has 0 spiro atoms. The minimum absolute atomic E-state index is 0.305. The van der Waals surface area contributed by atoms with E-state index < -0.39 is 5.97 Å².